The van der Waals surface area contributed by atoms with Crippen LogP contribution in [0, 0.1) is 11.3 Å². The molecule has 3 nitrogen and oxygen atoms in total. The van der Waals surface area contributed by atoms with E-state index < -0.39 is 0 Å². The van der Waals surface area contributed by atoms with Gasteiger partial charge < -0.3 is 10.4 Å². The molecule has 0 amide bonds. The van der Waals surface area contributed by atoms with Crippen LogP contribution in [-0.2, 0) is 0 Å². The molecule has 0 radical (unpaired) electrons. The number of hydrogen-bond acceptors (Lipinski definition) is 3. The molecule has 0 aliphatic heterocycles. The summed E-state index contributed by atoms with van der Waals surface area (Å²) in [5.41, 5.74) is 0.483. The maximum Gasteiger partial charge on any atom is 0.0558 e. The van der Waals surface area contributed by atoms with Crippen molar-refractivity contribution in [1.82, 2.24) is 10.2 Å². The SMILES string of the molecule is CCNC1CCC(C)(C)CC1CN(CCO)C1CCCC1. The van der Waals surface area contributed by atoms with E-state index in [2.05, 4.69) is 31.0 Å². The zero-order chi connectivity index (χ0) is 15.3. The summed E-state index contributed by atoms with van der Waals surface area (Å²) in [6.07, 6.45) is 9.38. The summed E-state index contributed by atoms with van der Waals surface area (Å²) in [6, 6.07) is 1.40. The zero-order valence-corrected chi connectivity index (χ0v) is 14.4. The van der Waals surface area contributed by atoms with Gasteiger partial charge in [0.25, 0.3) is 0 Å². The molecular weight excluding hydrogens is 260 g/mol. The van der Waals surface area contributed by atoms with Gasteiger partial charge in [-0.05, 0) is 50.0 Å². The van der Waals surface area contributed by atoms with Crippen LogP contribution >= 0.6 is 0 Å². The van der Waals surface area contributed by atoms with E-state index in [1.54, 1.807) is 0 Å². The van der Waals surface area contributed by atoms with Gasteiger partial charge in [0.2, 0.25) is 0 Å². The molecule has 0 aromatic heterocycles. The smallest absolute Gasteiger partial charge is 0.0558 e. The first-order chi connectivity index (χ1) is 10.1. The lowest BCUT2D eigenvalue weighted by molar-refractivity contribution is 0.0716. The van der Waals surface area contributed by atoms with Crippen LogP contribution in [0.4, 0.5) is 0 Å². The van der Waals surface area contributed by atoms with Crippen molar-refractivity contribution in [1.29, 1.82) is 0 Å². The second-order valence-electron chi connectivity index (χ2n) is 7.99. The molecule has 0 aromatic carbocycles. The molecular formula is C18H36N2O. The first-order valence-electron chi connectivity index (χ1n) is 9.14. The maximum atomic E-state index is 9.44. The molecule has 2 saturated carbocycles. The molecule has 2 unspecified atom stereocenters. The first-order valence-corrected chi connectivity index (χ1v) is 9.14. The summed E-state index contributed by atoms with van der Waals surface area (Å²) in [5.74, 6) is 0.737. The number of nitrogens with one attached hydrogen (secondary N) is 1. The molecule has 124 valence electrons. The van der Waals surface area contributed by atoms with Crippen LogP contribution in [-0.4, -0.2) is 48.3 Å². The van der Waals surface area contributed by atoms with Crippen LogP contribution in [0.25, 0.3) is 0 Å². The van der Waals surface area contributed by atoms with Crippen molar-refractivity contribution in [3.8, 4) is 0 Å². The Bertz CT molecular complexity index is 300. The summed E-state index contributed by atoms with van der Waals surface area (Å²) in [5, 5.41) is 13.2. The van der Waals surface area contributed by atoms with Gasteiger partial charge in [-0.2, -0.15) is 0 Å². The predicted octanol–water partition coefficient (Wildman–Crippen LogP) is 3.03. The maximum absolute atomic E-state index is 9.44. The lowest BCUT2D eigenvalue weighted by Gasteiger charge is -2.44. The van der Waals surface area contributed by atoms with Gasteiger partial charge in [0.15, 0.2) is 0 Å². The second kappa shape index (κ2) is 7.94. The summed E-state index contributed by atoms with van der Waals surface area (Å²) in [7, 11) is 0. The molecule has 2 aliphatic carbocycles. The van der Waals surface area contributed by atoms with E-state index >= 15 is 0 Å². The van der Waals surface area contributed by atoms with Crippen molar-refractivity contribution in [3.63, 3.8) is 0 Å². The molecule has 0 saturated heterocycles. The third kappa shape index (κ3) is 4.94. The molecule has 3 heteroatoms. The molecule has 2 N–H and O–H groups in total. The molecule has 2 fully saturated rings. The summed E-state index contributed by atoms with van der Waals surface area (Å²) >= 11 is 0. The minimum absolute atomic E-state index is 0.304. The van der Waals surface area contributed by atoms with Gasteiger partial charge in [-0.3, -0.25) is 4.90 Å². The van der Waals surface area contributed by atoms with Crippen LogP contribution in [0.2, 0.25) is 0 Å². The monoisotopic (exact) mass is 296 g/mol. The Morgan fingerprint density at radius 1 is 1.19 bits per heavy atom. The Hall–Kier alpha value is -0.120. The summed E-state index contributed by atoms with van der Waals surface area (Å²) in [6.45, 7) is 10.5. The van der Waals surface area contributed by atoms with Crippen LogP contribution < -0.4 is 5.32 Å². The average molecular weight is 296 g/mol. The van der Waals surface area contributed by atoms with Crippen LogP contribution in [0.15, 0.2) is 0 Å². The number of aliphatic hydroxyl groups excluding tert-OH is 1. The number of nitrogens with zero attached hydrogens (tertiary/aromatic N) is 1. The highest BCUT2D eigenvalue weighted by molar-refractivity contribution is 4.91. The Morgan fingerprint density at radius 3 is 2.52 bits per heavy atom. The van der Waals surface area contributed by atoms with Crippen molar-refractivity contribution in [2.24, 2.45) is 11.3 Å². The van der Waals surface area contributed by atoms with E-state index in [-0.39, 0.29) is 0 Å². The second-order valence-corrected chi connectivity index (χ2v) is 7.99. The van der Waals surface area contributed by atoms with Crippen LogP contribution in [0.1, 0.15) is 65.7 Å². The molecule has 2 aliphatic rings. The Kier molecular flexibility index (Phi) is 6.51. The highest BCUT2D eigenvalue weighted by Crippen LogP contribution is 2.39. The fourth-order valence-corrected chi connectivity index (χ4v) is 4.58. The van der Waals surface area contributed by atoms with E-state index in [9.17, 15) is 5.11 Å². The highest BCUT2D eigenvalue weighted by Gasteiger charge is 2.36. The normalized spacial score (nSPS) is 30.1. The van der Waals surface area contributed by atoms with Crippen LogP contribution in [0.3, 0.4) is 0 Å². The van der Waals surface area contributed by atoms with E-state index in [1.807, 2.05) is 0 Å². The number of rotatable bonds is 7. The molecule has 2 atom stereocenters. The van der Waals surface area contributed by atoms with Gasteiger partial charge in [-0.25, -0.2) is 0 Å². The number of hydrogen-bond donors (Lipinski definition) is 2. The zero-order valence-electron chi connectivity index (χ0n) is 14.4. The Labute approximate surface area is 131 Å². The minimum Gasteiger partial charge on any atom is -0.395 e. The lowest BCUT2D eigenvalue weighted by Crippen LogP contribution is -2.49. The number of aliphatic hydroxyl groups is 1. The van der Waals surface area contributed by atoms with Crippen molar-refractivity contribution in [2.75, 3.05) is 26.2 Å². The van der Waals surface area contributed by atoms with Gasteiger partial charge in [0.1, 0.15) is 0 Å². The molecule has 0 heterocycles. The van der Waals surface area contributed by atoms with Crippen molar-refractivity contribution >= 4 is 0 Å². The van der Waals surface area contributed by atoms with E-state index in [0.29, 0.717) is 18.1 Å². The van der Waals surface area contributed by atoms with Crippen LogP contribution in [0.5, 0.6) is 0 Å². The van der Waals surface area contributed by atoms with Crippen molar-refractivity contribution < 1.29 is 5.11 Å². The van der Waals surface area contributed by atoms with Crippen molar-refractivity contribution in [2.45, 2.75) is 77.8 Å². The standard InChI is InChI=1S/C18H36N2O/c1-4-19-17-9-10-18(2,3)13-15(17)14-20(11-12-21)16-7-5-6-8-16/h15-17,19,21H,4-14H2,1-3H3. The van der Waals surface area contributed by atoms with E-state index in [4.69, 9.17) is 0 Å². The van der Waals surface area contributed by atoms with Gasteiger partial charge >= 0.3 is 0 Å². The fraction of sp³-hybridized carbons (Fsp3) is 1.00. The average Bonchev–Trinajstić information content (AvgIpc) is 2.95. The van der Waals surface area contributed by atoms with E-state index in [0.717, 1.165) is 25.0 Å². The molecule has 21 heavy (non-hydrogen) atoms. The summed E-state index contributed by atoms with van der Waals surface area (Å²) in [4.78, 5) is 2.60. The Morgan fingerprint density at radius 2 is 1.90 bits per heavy atom. The Balaban J connectivity index is 1.99. The van der Waals surface area contributed by atoms with Gasteiger partial charge in [0, 0.05) is 25.2 Å². The van der Waals surface area contributed by atoms with E-state index in [1.165, 1.54) is 51.5 Å². The van der Waals surface area contributed by atoms with Gasteiger partial charge in [0.05, 0.1) is 6.61 Å². The van der Waals surface area contributed by atoms with Gasteiger partial charge in [-0.15, -0.1) is 0 Å². The molecule has 2 rings (SSSR count). The lowest BCUT2D eigenvalue weighted by atomic mass is 9.69. The summed E-state index contributed by atoms with van der Waals surface area (Å²) < 4.78 is 0. The molecule has 0 bridgehead atoms. The van der Waals surface area contributed by atoms with Gasteiger partial charge in [-0.1, -0.05) is 33.6 Å². The molecule has 0 spiro atoms. The third-order valence-corrected chi connectivity index (χ3v) is 5.68. The third-order valence-electron chi connectivity index (χ3n) is 5.68. The molecule has 0 aromatic rings. The first kappa shape index (κ1) is 17.2. The topological polar surface area (TPSA) is 35.5 Å². The quantitative estimate of drug-likeness (QED) is 0.758. The minimum atomic E-state index is 0.304. The van der Waals surface area contributed by atoms with Crippen molar-refractivity contribution in [3.05, 3.63) is 0 Å². The fourth-order valence-electron chi connectivity index (χ4n) is 4.58. The largest absolute Gasteiger partial charge is 0.395 e. The predicted molar refractivity (Wildman–Crippen MR) is 89.5 cm³/mol. The highest BCUT2D eigenvalue weighted by atomic mass is 16.3.